The molecule has 1 nitrogen and oxygen atoms in total. The number of aliphatic hydroxyl groups is 1. The van der Waals surface area contributed by atoms with Gasteiger partial charge in [-0.3, -0.25) is 0 Å². The van der Waals surface area contributed by atoms with Gasteiger partial charge in [0.15, 0.2) is 0 Å². The predicted molar refractivity (Wildman–Crippen MR) is 94.8 cm³/mol. The summed E-state index contributed by atoms with van der Waals surface area (Å²) in [5.41, 5.74) is 1.92. The lowest BCUT2D eigenvalue weighted by molar-refractivity contribution is -0.0259. The maximum atomic E-state index is 11.6. The molecule has 0 fully saturated rings. The normalized spacial score (nSPS) is 12.5. The molecule has 2 rings (SSSR count). The lowest BCUT2D eigenvalue weighted by Gasteiger charge is -2.41. The predicted octanol–water partition coefficient (Wildman–Crippen LogP) is 5.89. The third-order valence-electron chi connectivity index (χ3n) is 4.26. The molecule has 0 radical (unpaired) electrons. The first-order chi connectivity index (χ1) is 10.1. The van der Waals surface area contributed by atoms with Crippen LogP contribution in [0.1, 0.15) is 43.0 Å². The zero-order valence-corrected chi connectivity index (χ0v) is 15.2. The van der Waals surface area contributed by atoms with E-state index < -0.39 is 11.0 Å². The molecule has 118 valence electrons. The highest BCUT2D eigenvalue weighted by molar-refractivity contribution is 6.31. The molecule has 22 heavy (non-hydrogen) atoms. The summed E-state index contributed by atoms with van der Waals surface area (Å²) in [6, 6.07) is 11.4. The number of rotatable bonds is 2. The summed E-state index contributed by atoms with van der Waals surface area (Å²) in [6.45, 7) is 9.92. The molecular weight excluding hydrogens is 315 g/mol. The molecule has 0 aliphatic rings. The highest BCUT2D eigenvalue weighted by atomic mass is 35.5. The quantitative estimate of drug-likeness (QED) is 0.724. The van der Waals surface area contributed by atoms with Gasteiger partial charge < -0.3 is 5.11 Å². The third kappa shape index (κ3) is 2.90. The number of hydrogen-bond acceptors (Lipinski definition) is 1. The van der Waals surface area contributed by atoms with Crippen LogP contribution in [0.4, 0.5) is 0 Å². The van der Waals surface area contributed by atoms with E-state index in [1.807, 2.05) is 71.0 Å². The Hall–Kier alpha value is -1.02. The van der Waals surface area contributed by atoms with Gasteiger partial charge in [0, 0.05) is 10.0 Å². The van der Waals surface area contributed by atoms with E-state index in [2.05, 4.69) is 0 Å². The lowest BCUT2D eigenvalue weighted by atomic mass is 9.68. The largest absolute Gasteiger partial charge is 0.380 e. The molecule has 0 aromatic heterocycles. The second-order valence-corrected chi connectivity index (χ2v) is 7.70. The Balaban J connectivity index is 2.72. The van der Waals surface area contributed by atoms with Gasteiger partial charge in [-0.1, -0.05) is 68.2 Å². The van der Waals surface area contributed by atoms with Crippen LogP contribution in [-0.4, -0.2) is 5.11 Å². The van der Waals surface area contributed by atoms with Crippen molar-refractivity contribution in [3.05, 3.63) is 68.7 Å². The third-order valence-corrected chi connectivity index (χ3v) is 5.08. The van der Waals surface area contributed by atoms with Crippen molar-refractivity contribution in [3.63, 3.8) is 0 Å². The Kier molecular flexibility index (Phi) is 4.64. The van der Waals surface area contributed by atoms with Crippen LogP contribution < -0.4 is 0 Å². The van der Waals surface area contributed by atoms with Crippen LogP contribution >= 0.6 is 23.2 Å². The molecular formula is C19H22Cl2O. The average molecular weight is 337 g/mol. The van der Waals surface area contributed by atoms with Crippen molar-refractivity contribution in [1.82, 2.24) is 0 Å². The summed E-state index contributed by atoms with van der Waals surface area (Å²) >= 11 is 12.6. The number of benzene rings is 2. The van der Waals surface area contributed by atoms with E-state index in [-0.39, 0.29) is 0 Å². The van der Waals surface area contributed by atoms with Crippen molar-refractivity contribution in [2.75, 3.05) is 0 Å². The fourth-order valence-corrected chi connectivity index (χ4v) is 3.03. The van der Waals surface area contributed by atoms with Gasteiger partial charge >= 0.3 is 0 Å². The minimum Gasteiger partial charge on any atom is -0.380 e. The molecule has 0 bridgehead atoms. The maximum absolute atomic E-state index is 11.6. The van der Waals surface area contributed by atoms with Crippen LogP contribution in [0.2, 0.25) is 10.0 Å². The van der Waals surface area contributed by atoms with Gasteiger partial charge in [0.05, 0.1) is 0 Å². The van der Waals surface area contributed by atoms with Crippen LogP contribution in [0, 0.1) is 19.3 Å². The lowest BCUT2D eigenvalue weighted by Crippen LogP contribution is -2.41. The van der Waals surface area contributed by atoms with Crippen molar-refractivity contribution in [2.45, 2.75) is 40.2 Å². The summed E-state index contributed by atoms with van der Waals surface area (Å²) in [4.78, 5) is 0. The fourth-order valence-electron chi connectivity index (χ4n) is 2.67. The second kappa shape index (κ2) is 5.88. The monoisotopic (exact) mass is 336 g/mol. The van der Waals surface area contributed by atoms with E-state index in [1.54, 1.807) is 0 Å². The van der Waals surface area contributed by atoms with E-state index in [4.69, 9.17) is 23.2 Å². The summed E-state index contributed by atoms with van der Waals surface area (Å²) in [5.74, 6) is 0. The van der Waals surface area contributed by atoms with Crippen molar-refractivity contribution in [1.29, 1.82) is 0 Å². The van der Waals surface area contributed by atoms with E-state index in [0.717, 1.165) is 22.3 Å². The minimum atomic E-state index is -1.18. The smallest absolute Gasteiger partial charge is 0.119 e. The van der Waals surface area contributed by atoms with Crippen LogP contribution in [0.3, 0.4) is 0 Å². The van der Waals surface area contributed by atoms with Crippen LogP contribution in [0.5, 0.6) is 0 Å². The zero-order chi connectivity index (χ0) is 16.7. The Labute approximate surface area is 142 Å². The van der Waals surface area contributed by atoms with E-state index in [1.165, 1.54) is 0 Å². The van der Waals surface area contributed by atoms with Crippen LogP contribution in [0.15, 0.2) is 36.4 Å². The van der Waals surface area contributed by atoms with Gasteiger partial charge in [0.2, 0.25) is 0 Å². The molecule has 0 saturated carbocycles. The molecule has 0 atom stereocenters. The van der Waals surface area contributed by atoms with Crippen molar-refractivity contribution in [2.24, 2.45) is 5.41 Å². The number of hydrogen-bond donors (Lipinski definition) is 1. The Morgan fingerprint density at radius 3 is 1.41 bits per heavy atom. The van der Waals surface area contributed by atoms with E-state index in [0.29, 0.717) is 10.0 Å². The maximum Gasteiger partial charge on any atom is 0.119 e. The fraction of sp³-hybridized carbons (Fsp3) is 0.368. The van der Waals surface area contributed by atoms with Crippen LogP contribution in [-0.2, 0) is 5.60 Å². The first kappa shape index (κ1) is 17.3. The molecule has 2 aromatic rings. The van der Waals surface area contributed by atoms with Gasteiger partial charge in [-0.15, -0.1) is 0 Å². The van der Waals surface area contributed by atoms with Gasteiger partial charge in [-0.2, -0.15) is 0 Å². The summed E-state index contributed by atoms with van der Waals surface area (Å²) < 4.78 is 0. The van der Waals surface area contributed by atoms with Gasteiger partial charge in [0.25, 0.3) is 0 Å². The van der Waals surface area contributed by atoms with E-state index >= 15 is 0 Å². The van der Waals surface area contributed by atoms with Crippen molar-refractivity contribution in [3.8, 4) is 0 Å². The van der Waals surface area contributed by atoms with E-state index in [9.17, 15) is 5.11 Å². The summed E-state index contributed by atoms with van der Waals surface area (Å²) in [7, 11) is 0. The molecule has 0 heterocycles. The zero-order valence-electron chi connectivity index (χ0n) is 13.7. The van der Waals surface area contributed by atoms with Gasteiger partial charge in [-0.05, 0) is 53.6 Å². The first-order valence-electron chi connectivity index (χ1n) is 7.33. The molecule has 0 unspecified atom stereocenters. The molecule has 0 saturated heterocycles. The molecule has 1 N–H and O–H groups in total. The molecule has 0 amide bonds. The first-order valence-corrected chi connectivity index (χ1v) is 8.08. The standard InChI is InChI=1S/C19H22Cl2O/c1-12-6-8-14(10-16(12)20)19(22,18(3,4)5)15-9-7-13(2)17(21)11-15/h6-11,22H,1-5H3. The number of halogens is 2. The van der Waals surface area contributed by atoms with Crippen molar-refractivity contribution < 1.29 is 5.11 Å². The Morgan fingerprint density at radius 2 is 1.14 bits per heavy atom. The minimum absolute atomic E-state index is 0.426. The second-order valence-electron chi connectivity index (χ2n) is 6.89. The van der Waals surface area contributed by atoms with Crippen molar-refractivity contribution >= 4 is 23.2 Å². The topological polar surface area (TPSA) is 20.2 Å². The Morgan fingerprint density at radius 1 is 0.773 bits per heavy atom. The molecule has 0 aliphatic carbocycles. The van der Waals surface area contributed by atoms with Gasteiger partial charge in [0.1, 0.15) is 5.60 Å². The molecule has 3 heteroatoms. The molecule has 0 aliphatic heterocycles. The Bertz CT molecular complexity index is 648. The average Bonchev–Trinajstić information content (AvgIpc) is 2.42. The SMILES string of the molecule is Cc1ccc(C(O)(c2ccc(C)c(Cl)c2)C(C)(C)C)cc1Cl. The van der Waals surface area contributed by atoms with Gasteiger partial charge in [-0.25, -0.2) is 0 Å². The highest BCUT2D eigenvalue weighted by Gasteiger charge is 2.43. The van der Waals surface area contributed by atoms with Crippen LogP contribution in [0.25, 0.3) is 0 Å². The molecule has 0 spiro atoms. The highest BCUT2D eigenvalue weighted by Crippen LogP contribution is 2.46. The molecule has 2 aromatic carbocycles. The number of aryl methyl sites for hydroxylation is 2. The summed E-state index contributed by atoms with van der Waals surface area (Å²) in [6.07, 6.45) is 0. The summed E-state index contributed by atoms with van der Waals surface area (Å²) in [5, 5.41) is 12.9.